The molecule has 18 heavy (non-hydrogen) atoms. The molecule has 1 aromatic heterocycles. The van der Waals surface area contributed by atoms with Crippen molar-refractivity contribution in [3.63, 3.8) is 0 Å². The summed E-state index contributed by atoms with van der Waals surface area (Å²) in [6.07, 6.45) is 6.36. The SMILES string of the molecule is Cn1nccc1C(=O)N1CCCC1C1CCCN1. The summed E-state index contributed by atoms with van der Waals surface area (Å²) in [6, 6.07) is 2.67. The van der Waals surface area contributed by atoms with Crippen molar-refractivity contribution in [3.05, 3.63) is 18.0 Å². The molecule has 2 aliphatic heterocycles. The van der Waals surface area contributed by atoms with E-state index >= 15 is 0 Å². The van der Waals surface area contributed by atoms with Gasteiger partial charge in [-0.25, -0.2) is 0 Å². The van der Waals surface area contributed by atoms with Gasteiger partial charge in [-0.3, -0.25) is 9.48 Å². The third-order valence-corrected chi connectivity index (χ3v) is 4.16. The van der Waals surface area contributed by atoms with Crippen molar-refractivity contribution in [1.82, 2.24) is 20.0 Å². The highest BCUT2D eigenvalue weighted by atomic mass is 16.2. The molecule has 0 radical (unpaired) electrons. The molecule has 0 saturated carbocycles. The lowest BCUT2D eigenvalue weighted by molar-refractivity contribution is 0.0700. The van der Waals surface area contributed by atoms with E-state index in [1.807, 2.05) is 11.9 Å². The van der Waals surface area contributed by atoms with Crippen molar-refractivity contribution in [3.8, 4) is 0 Å². The Hall–Kier alpha value is -1.36. The smallest absolute Gasteiger partial charge is 0.272 e. The van der Waals surface area contributed by atoms with Crippen molar-refractivity contribution < 1.29 is 4.79 Å². The Bertz CT molecular complexity index is 436. The number of aromatic nitrogens is 2. The molecule has 0 bridgehead atoms. The van der Waals surface area contributed by atoms with E-state index in [4.69, 9.17) is 0 Å². The fraction of sp³-hybridized carbons (Fsp3) is 0.692. The molecule has 1 N–H and O–H groups in total. The second-order valence-electron chi connectivity index (χ2n) is 5.25. The van der Waals surface area contributed by atoms with Gasteiger partial charge in [0, 0.05) is 31.9 Å². The summed E-state index contributed by atoms with van der Waals surface area (Å²) in [5.74, 6) is 0.131. The second kappa shape index (κ2) is 4.72. The number of likely N-dealkylation sites (tertiary alicyclic amines) is 1. The number of carbonyl (C=O) groups is 1. The molecule has 98 valence electrons. The molecule has 5 nitrogen and oxygen atoms in total. The van der Waals surface area contributed by atoms with Gasteiger partial charge in [0.05, 0.1) is 0 Å². The van der Waals surface area contributed by atoms with E-state index < -0.39 is 0 Å². The molecule has 5 heteroatoms. The highest BCUT2D eigenvalue weighted by Crippen LogP contribution is 2.26. The van der Waals surface area contributed by atoms with Crippen LogP contribution in [0.5, 0.6) is 0 Å². The summed E-state index contributed by atoms with van der Waals surface area (Å²) >= 11 is 0. The zero-order valence-corrected chi connectivity index (χ0v) is 10.8. The lowest BCUT2D eigenvalue weighted by Crippen LogP contribution is -2.46. The van der Waals surface area contributed by atoms with Crippen LogP contribution >= 0.6 is 0 Å². The van der Waals surface area contributed by atoms with Crippen molar-refractivity contribution in [1.29, 1.82) is 0 Å². The fourth-order valence-corrected chi connectivity index (χ4v) is 3.23. The molecular formula is C13H20N4O. The molecule has 2 fully saturated rings. The largest absolute Gasteiger partial charge is 0.333 e. The van der Waals surface area contributed by atoms with Gasteiger partial charge in [-0.1, -0.05) is 0 Å². The molecule has 2 atom stereocenters. The molecular weight excluding hydrogens is 228 g/mol. The van der Waals surface area contributed by atoms with Gasteiger partial charge in [-0.05, 0) is 38.3 Å². The average Bonchev–Trinajstić information content (AvgIpc) is 3.09. The van der Waals surface area contributed by atoms with Gasteiger partial charge in [0.25, 0.3) is 5.91 Å². The van der Waals surface area contributed by atoms with Crippen LogP contribution in [0.2, 0.25) is 0 Å². The summed E-state index contributed by atoms with van der Waals surface area (Å²) in [6.45, 7) is 1.97. The minimum Gasteiger partial charge on any atom is -0.333 e. The number of carbonyl (C=O) groups excluding carboxylic acids is 1. The Balaban J connectivity index is 1.78. The van der Waals surface area contributed by atoms with Crippen LogP contribution in [0.25, 0.3) is 0 Å². The third-order valence-electron chi connectivity index (χ3n) is 4.16. The van der Waals surface area contributed by atoms with E-state index in [1.54, 1.807) is 16.9 Å². The van der Waals surface area contributed by atoms with Crippen molar-refractivity contribution in [2.75, 3.05) is 13.1 Å². The first-order chi connectivity index (χ1) is 8.77. The standard InChI is InChI=1S/C13H20N4O/c1-16-12(6-8-15-16)13(18)17-9-3-5-11(17)10-4-2-7-14-10/h6,8,10-11,14H,2-5,7,9H2,1H3. The van der Waals surface area contributed by atoms with E-state index in [-0.39, 0.29) is 5.91 Å². The molecule has 1 aromatic rings. The first-order valence-corrected chi connectivity index (χ1v) is 6.80. The van der Waals surface area contributed by atoms with Crippen molar-refractivity contribution in [2.45, 2.75) is 37.8 Å². The maximum atomic E-state index is 12.5. The van der Waals surface area contributed by atoms with Crippen LogP contribution < -0.4 is 5.32 Å². The van der Waals surface area contributed by atoms with Gasteiger partial charge in [-0.15, -0.1) is 0 Å². The number of rotatable bonds is 2. The predicted octanol–water partition coefficient (Wildman–Crippen LogP) is 0.777. The number of aryl methyl sites for hydroxylation is 1. The first-order valence-electron chi connectivity index (χ1n) is 6.80. The summed E-state index contributed by atoms with van der Waals surface area (Å²) in [5, 5.41) is 7.61. The fourth-order valence-electron chi connectivity index (χ4n) is 3.23. The van der Waals surface area contributed by atoms with Crippen LogP contribution in [-0.2, 0) is 7.05 Å². The average molecular weight is 248 g/mol. The van der Waals surface area contributed by atoms with Crippen LogP contribution in [-0.4, -0.2) is 45.8 Å². The summed E-state index contributed by atoms with van der Waals surface area (Å²) < 4.78 is 1.67. The summed E-state index contributed by atoms with van der Waals surface area (Å²) in [7, 11) is 1.83. The van der Waals surface area contributed by atoms with Crippen LogP contribution in [0, 0.1) is 0 Å². The number of hydrogen-bond donors (Lipinski definition) is 1. The Morgan fingerprint density at radius 3 is 3.00 bits per heavy atom. The number of nitrogens with zero attached hydrogens (tertiary/aromatic N) is 3. The van der Waals surface area contributed by atoms with E-state index in [2.05, 4.69) is 10.4 Å². The van der Waals surface area contributed by atoms with Gasteiger partial charge in [-0.2, -0.15) is 5.10 Å². The number of amides is 1. The molecule has 3 heterocycles. The molecule has 0 spiro atoms. The van der Waals surface area contributed by atoms with Gasteiger partial charge < -0.3 is 10.2 Å². The summed E-state index contributed by atoms with van der Waals surface area (Å²) in [5.41, 5.74) is 0.694. The van der Waals surface area contributed by atoms with Crippen LogP contribution in [0.15, 0.2) is 12.3 Å². The van der Waals surface area contributed by atoms with E-state index in [1.165, 1.54) is 12.8 Å². The maximum Gasteiger partial charge on any atom is 0.272 e. The molecule has 0 aromatic carbocycles. The normalized spacial score (nSPS) is 27.9. The van der Waals surface area contributed by atoms with Gasteiger partial charge in [0.15, 0.2) is 0 Å². The highest BCUT2D eigenvalue weighted by molar-refractivity contribution is 5.93. The van der Waals surface area contributed by atoms with E-state index in [9.17, 15) is 4.79 Å². The third kappa shape index (κ3) is 1.92. The Labute approximate surface area is 107 Å². The van der Waals surface area contributed by atoms with Crippen LogP contribution in [0.3, 0.4) is 0 Å². The van der Waals surface area contributed by atoms with Crippen molar-refractivity contribution >= 4 is 5.91 Å². The van der Waals surface area contributed by atoms with E-state index in [0.29, 0.717) is 17.8 Å². The van der Waals surface area contributed by atoms with Crippen molar-refractivity contribution in [2.24, 2.45) is 7.05 Å². The lowest BCUT2D eigenvalue weighted by Gasteiger charge is -2.29. The Kier molecular flexibility index (Phi) is 3.07. The zero-order chi connectivity index (χ0) is 12.5. The number of hydrogen-bond acceptors (Lipinski definition) is 3. The number of nitrogens with one attached hydrogen (secondary N) is 1. The zero-order valence-electron chi connectivity index (χ0n) is 10.8. The minimum atomic E-state index is 0.131. The molecule has 3 rings (SSSR count). The molecule has 2 unspecified atom stereocenters. The second-order valence-corrected chi connectivity index (χ2v) is 5.25. The van der Waals surface area contributed by atoms with Crippen LogP contribution in [0.1, 0.15) is 36.2 Å². The van der Waals surface area contributed by atoms with Gasteiger partial charge in [0.1, 0.15) is 5.69 Å². The first kappa shape index (κ1) is 11.7. The van der Waals surface area contributed by atoms with Crippen LogP contribution in [0.4, 0.5) is 0 Å². The van der Waals surface area contributed by atoms with Gasteiger partial charge >= 0.3 is 0 Å². The molecule has 2 saturated heterocycles. The minimum absolute atomic E-state index is 0.131. The monoisotopic (exact) mass is 248 g/mol. The highest BCUT2D eigenvalue weighted by Gasteiger charge is 2.36. The Morgan fingerprint density at radius 2 is 2.33 bits per heavy atom. The molecule has 0 aliphatic carbocycles. The molecule has 1 amide bonds. The topological polar surface area (TPSA) is 50.2 Å². The van der Waals surface area contributed by atoms with E-state index in [0.717, 1.165) is 25.9 Å². The summed E-state index contributed by atoms with van der Waals surface area (Å²) in [4.78, 5) is 14.6. The lowest BCUT2D eigenvalue weighted by atomic mass is 10.0. The molecule has 2 aliphatic rings. The quantitative estimate of drug-likeness (QED) is 0.841. The Morgan fingerprint density at radius 1 is 1.44 bits per heavy atom. The van der Waals surface area contributed by atoms with Gasteiger partial charge in [0.2, 0.25) is 0 Å². The maximum absolute atomic E-state index is 12.5. The predicted molar refractivity (Wildman–Crippen MR) is 68.3 cm³/mol.